The Morgan fingerprint density at radius 1 is 1.32 bits per heavy atom. The average Bonchev–Trinajstić information content (AvgIpc) is 3.20. The van der Waals surface area contributed by atoms with Gasteiger partial charge >= 0.3 is 0 Å². The average molecular weight is 383 g/mol. The number of amides is 1. The van der Waals surface area contributed by atoms with Crippen molar-refractivity contribution in [3.63, 3.8) is 0 Å². The lowest BCUT2D eigenvalue weighted by Gasteiger charge is -2.28. The summed E-state index contributed by atoms with van der Waals surface area (Å²) in [6.07, 6.45) is 3.16. The predicted molar refractivity (Wildman–Crippen MR) is 104 cm³/mol. The number of nitrogens with two attached hydrogens (primary N) is 1. The molecule has 0 unspecified atom stereocenters. The standard InChI is InChI=1S/C20H25N5O3/c1-20(2)9-15-18(17(27)10-20)23-24-25(15)11-6-7-12(19(21)28)14(8-11)22-13-4-3-5-16(13)26/h6-8,13,16,22,26H,3-5,9-10H2,1-2H3,(H2,21,28)/t13-,16-/m1/s1. The van der Waals surface area contributed by atoms with Crippen LogP contribution in [0.2, 0.25) is 0 Å². The van der Waals surface area contributed by atoms with Gasteiger partial charge in [0.05, 0.1) is 29.1 Å². The summed E-state index contributed by atoms with van der Waals surface area (Å²) < 4.78 is 1.66. The number of rotatable bonds is 4. The van der Waals surface area contributed by atoms with E-state index in [9.17, 15) is 14.7 Å². The first kappa shape index (κ1) is 18.6. The molecule has 1 aromatic carbocycles. The molecule has 0 aliphatic heterocycles. The van der Waals surface area contributed by atoms with Gasteiger partial charge in [-0.25, -0.2) is 4.68 Å². The van der Waals surface area contributed by atoms with Crippen molar-refractivity contribution in [3.8, 4) is 5.69 Å². The van der Waals surface area contributed by atoms with Crippen LogP contribution in [0.25, 0.3) is 5.69 Å². The van der Waals surface area contributed by atoms with Gasteiger partial charge in [0.25, 0.3) is 5.91 Å². The fourth-order valence-corrected chi connectivity index (χ4v) is 4.23. The second-order valence-corrected chi connectivity index (χ2v) is 8.58. The molecule has 1 heterocycles. The molecule has 2 aromatic rings. The number of hydrogen-bond donors (Lipinski definition) is 3. The molecular weight excluding hydrogens is 358 g/mol. The summed E-state index contributed by atoms with van der Waals surface area (Å²) in [5.41, 5.74) is 8.17. The number of fused-ring (bicyclic) bond motifs is 1. The first-order valence-corrected chi connectivity index (χ1v) is 9.62. The van der Waals surface area contributed by atoms with Gasteiger partial charge in [-0.05, 0) is 49.3 Å². The molecule has 148 valence electrons. The van der Waals surface area contributed by atoms with Crippen LogP contribution in [-0.4, -0.2) is 43.9 Å². The number of carbonyl (C=O) groups is 2. The van der Waals surface area contributed by atoms with Crippen molar-refractivity contribution < 1.29 is 14.7 Å². The first-order valence-electron chi connectivity index (χ1n) is 9.62. The second kappa shape index (κ2) is 6.70. The summed E-state index contributed by atoms with van der Waals surface area (Å²) in [7, 11) is 0. The smallest absolute Gasteiger partial charge is 0.250 e. The minimum atomic E-state index is -0.543. The van der Waals surface area contributed by atoms with E-state index in [0.717, 1.165) is 25.0 Å². The van der Waals surface area contributed by atoms with Gasteiger partial charge in [0.15, 0.2) is 11.5 Å². The van der Waals surface area contributed by atoms with Crippen molar-refractivity contribution in [1.29, 1.82) is 0 Å². The van der Waals surface area contributed by atoms with Gasteiger partial charge in [-0.3, -0.25) is 9.59 Å². The maximum atomic E-state index is 12.4. The summed E-state index contributed by atoms with van der Waals surface area (Å²) in [4.78, 5) is 24.3. The highest BCUT2D eigenvalue weighted by Gasteiger charge is 2.35. The third kappa shape index (κ3) is 3.28. The van der Waals surface area contributed by atoms with Gasteiger partial charge < -0.3 is 16.2 Å². The molecule has 4 N–H and O–H groups in total. The highest BCUT2D eigenvalue weighted by Crippen LogP contribution is 2.35. The molecule has 2 atom stereocenters. The van der Waals surface area contributed by atoms with E-state index in [4.69, 9.17) is 5.73 Å². The Morgan fingerprint density at radius 2 is 2.11 bits per heavy atom. The van der Waals surface area contributed by atoms with Gasteiger partial charge in [0, 0.05) is 12.1 Å². The second-order valence-electron chi connectivity index (χ2n) is 8.58. The number of primary amides is 1. The van der Waals surface area contributed by atoms with Crippen molar-refractivity contribution in [3.05, 3.63) is 35.2 Å². The Balaban J connectivity index is 1.75. The Kier molecular flexibility index (Phi) is 4.45. The van der Waals surface area contributed by atoms with Gasteiger partial charge in [-0.1, -0.05) is 19.1 Å². The maximum Gasteiger partial charge on any atom is 0.250 e. The molecule has 0 bridgehead atoms. The Bertz CT molecular complexity index is 949. The van der Waals surface area contributed by atoms with Crippen molar-refractivity contribution >= 4 is 17.4 Å². The third-order valence-electron chi connectivity index (χ3n) is 5.65. The van der Waals surface area contributed by atoms with E-state index < -0.39 is 12.0 Å². The number of benzene rings is 1. The van der Waals surface area contributed by atoms with Gasteiger partial charge in [0.1, 0.15) is 0 Å². The normalized spacial score (nSPS) is 23.5. The molecule has 8 heteroatoms. The number of carbonyl (C=O) groups excluding carboxylic acids is 2. The number of hydrogen-bond acceptors (Lipinski definition) is 6. The van der Waals surface area contributed by atoms with Crippen LogP contribution in [-0.2, 0) is 6.42 Å². The molecule has 4 rings (SSSR count). The van der Waals surface area contributed by atoms with Crippen LogP contribution < -0.4 is 11.1 Å². The van der Waals surface area contributed by atoms with Crippen molar-refractivity contribution in [2.45, 2.75) is 58.1 Å². The van der Waals surface area contributed by atoms with Crippen LogP contribution in [0.5, 0.6) is 0 Å². The molecular formula is C20H25N5O3. The van der Waals surface area contributed by atoms with Crippen molar-refractivity contribution in [1.82, 2.24) is 15.0 Å². The van der Waals surface area contributed by atoms with Crippen LogP contribution in [0.3, 0.4) is 0 Å². The quantitative estimate of drug-likeness (QED) is 0.740. The fraction of sp³-hybridized carbons (Fsp3) is 0.500. The molecule has 1 fully saturated rings. The zero-order valence-electron chi connectivity index (χ0n) is 16.1. The Hall–Kier alpha value is -2.74. The highest BCUT2D eigenvalue weighted by molar-refractivity contribution is 5.99. The van der Waals surface area contributed by atoms with Crippen LogP contribution in [0, 0.1) is 5.41 Å². The zero-order chi connectivity index (χ0) is 20.1. The molecule has 1 amide bonds. The number of nitrogens with zero attached hydrogens (tertiary/aromatic N) is 3. The zero-order valence-corrected chi connectivity index (χ0v) is 16.1. The SMILES string of the molecule is CC1(C)CC(=O)c2nnn(-c3ccc(C(N)=O)c(N[C@@H]4CCC[C@H]4O)c3)c2C1. The minimum Gasteiger partial charge on any atom is -0.391 e. The van der Waals surface area contributed by atoms with Crippen LogP contribution in [0.4, 0.5) is 5.69 Å². The Morgan fingerprint density at radius 3 is 2.79 bits per heavy atom. The number of ketones is 1. The molecule has 2 aliphatic rings. The van der Waals surface area contributed by atoms with Crippen LogP contribution in [0.15, 0.2) is 18.2 Å². The van der Waals surface area contributed by atoms with E-state index in [0.29, 0.717) is 35.5 Å². The number of anilines is 1. The number of aliphatic hydroxyl groups excluding tert-OH is 1. The van der Waals surface area contributed by atoms with Gasteiger partial charge in [-0.15, -0.1) is 5.10 Å². The van der Waals surface area contributed by atoms with Crippen LogP contribution >= 0.6 is 0 Å². The summed E-state index contributed by atoms with van der Waals surface area (Å²) in [5, 5.41) is 21.7. The molecule has 1 saturated carbocycles. The van der Waals surface area contributed by atoms with E-state index in [1.165, 1.54) is 0 Å². The molecule has 28 heavy (non-hydrogen) atoms. The van der Waals surface area contributed by atoms with E-state index in [1.807, 2.05) is 0 Å². The lowest BCUT2D eigenvalue weighted by atomic mass is 9.77. The minimum absolute atomic E-state index is 0.00122. The van der Waals surface area contributed by atoms with Crippen LogP contribution in [0.1, 0.15) is 66.1 Å². The topological polar surface area (TPSA) is 123 Å². The number of Topliss-reactive ketones (excluding diaryl/α,β-unsaturated/α-hetero) is 1. The molecule has 0 spiro atoms. The monoisotopic (exact) mass is 383 g/mol. The number of aliphatic hydroxyl groups is 1. The number of aromatic nitrogens is 3. The van der Waals surface area contributed by atoms with E-state index >= 15 is 0 Å². The van der Waals surface area contributed by atoms with Crippen molar-refractivity contribution in [2.24, 2.45) is 11.1 Å². The third-order valence-corrected chi connectivity index (χ3v) is 5.65. The fourth-order valence-electron chi connectivity index (χ4n) is 4.23. The molecule has 0 radical (unpaired) electrons. The molecule has 0 saturated heterocycles. The van der Waals surface area contributed by atoms with E-state index in [-0.39, 0.29) is 17.2 Å². The molecule has 8 nitrogen and oxygen atoms in total. The Labute approximate surface area is 163 Å². The van der Waals surface area contributed by atoms with E-state index in [1.54, 1.807) is 22.9 Å². The summed E-state index contributed by atoms with van der Waals surface area (Å²) in [6, 6.07) is 5.05. The lowest BCUT2D eigenvalue weighted by Crippen LogP contribution is -2.29. The molecule has 2 aliphatic carbocycles. The molecule has 1 aromatic heterocycles. The maximum absolute atomic E-state index is 12.4. The number of nitrogens with one attached hydrogen (secondary N) is 1. The summed E-state index contributed by atoms with van der Waals surface area (Å²) in [5.74, 6) is -0.544. The van der Waals surface area contributed by atoms with Gasteiger partial charge in [-0.2, -0.15) is 0 Å². The first-order chi connectivity index (χ1) is 13.2. The summed E-state index contributed by atoms with van der Waals surface area (Å²) in [6.45, 7) is 4.10. The lowest BCUT2D eigenvalue weighted by molar-refractivity contribution is 0.0905. The highest BCUT2D eigenvalue weighted by atomic mass is 16.3. The van der Waals surface area contributed by atoms with Gasteiger partial charge in [0.2, 0.25) is 0 Å². The van der Waals surface area contributed by atoms with E-state index in [2.05, 4.69) is 29.5 Å². The predicted octanol–water partition coefficient (Wildman–Crippen LogP) is 1.85. The van der Waals surface area contributed by atoms with Crippen molar-refractivity contribution in [2.75, 3.05) is 5.32 Å². The largest absolute Gasteiger partial charge is 0.391 e. The summed E-state index contributed by atoms with van der Waals surface area (Å²) >= 11 is 0.